The van der Waals surface area contributed by atoms with Gasteiger partial charge in [0.2, 0.25) is 0 Å². The number of benzene rings is 9. The minimum Gasteiger partial charge on any atom is -0.455 e. The average molecular weight is 781 g/mol. The molecule has 0 saturated carbocycles. The Morgan fingerprint density at radius 2 is 0.741 bits per heavy atom. The summed E-state index contributed by atoms with van der Waals surface area (Å²) < 4.78 is 34.1. The predicted molar refractivity (Wildman–Crippen MR) is 241 cm³/mol. The first-order valence-corrected chi connectivity index (χ1v) is 22.1. The molecule has 9 aromatic carbocycles. The van der Waals surface area contributed by atoms with Crippen molar-refractivity contribution in [2.24, 2.45) is 0 Å². The highest BCUT2D eigenvalue weighted by Crippen LogP contribution is 2.63. The van der Waals surface area contributed by atoms with Crippen molar-refractivity contribution >= 4 is 134 Å². The molecule has 2 atom stereocenters. The molecule has 0 aliphatic rings. The monoisotopic (exact) mass is 780 g/mol. The Morgan fingerprint density at radius 3 is 1.21 bits per heavy atom. The Morgan fingerprint density at radius 1 is 0.328 bits per heavy atom. The van der Waals surface area contributed by atoms with Gasteiger partial charge in [-0.2, -0.15) is 0 Å². The fourth-order valence-corrected chi connectivity index (χ4v) is 15.8. The Balaban J connectivity index is 1.37. The summed E-state index contributed by atoms with van der Waals surface area (Å²) in [6.45, 7) is 0. The third kappa shape index (κ3) is 3.51. The van der Waals surface area contributed by atoms with Gasteiger partial charge in [0.05, 0.1) is 41.7 Å². The van der Waals surface area contributed by atoms with Crippen LogP contribution in [0.4, 0.5) is 0 Å². The summed E-state index contributed by atoms with van der Waals surface area (Å²) >= 11 is 0. The van der Waals surface area contributed by atoms with E-state index in [0.29, 0.717) is 0 Å². The van der Waals surface area contributed by atoms with Crippen LogP contribution >= 0.6 is 14.7 Å². The van der Waals surface area contributed by atoms with Gasteiger partial charge in [0.1, 0.15) is 33.4 Å². The summed E-state index contributed by atoms with van der Waals surface area (Å²) in [5.41, 5.74) is 13.3. The third-order valence-corrected chi connectivity index (χ3v) is 17.6. The van der Waals surface area contributed by atoms with Gasteiger partial charge in [0.25, 0.3) is 0 Å². The molecular formula is C50H26N2O4P2. The summed E-state index contributed by atoms with van der Waals surface area (Å²) in [6, 6.07) is 55.9. The lowest BCUT2D eigenvalue weighted by molar-refractivity contribution is 0.650. The van der Waals surface area contributed by atoms with Crippen molar-refractivity contribution in [2.45, 2.75) is 0 Å². The van der Waals surface area contributed by atoms with E-state index < -0.39 is 14.7 Å². The van der Waals surface area contributed by atoms with Crippen LogP contribution in [0.2, 0.25) is 0 Å². The van der Waals surface area contributed by atoms with E-state index in [-0.39, 0.29) is 0 Å². The molecule has 0 saturated heterocycles. The summed E-state index contributed by atoms with van der Waals surface area (Å²) in [6.07, 6.45) is 0. The van der Waals surface area contributed by atoms with Crippen LogP contribution in [0.25, 0.3) is 130 Å². The lowest BCUT2D eigenvalue weighted by Crippen LogP contribution is -2.05. The van der Waals surface area contributed by atoms with Crippen molar-refractivity contribution in [3.63, 3.8) is 0 Å². The number of aromatic nitrogens is 2. The number of nitrogens with zero attached hydrogens (tertiary/aromatic N) is 2. The molecule has 0 aliphatic heterocycles. The zero-order chi connectivity index (χ0) is 37.4. The smallest absolute Gasteiger partial charge is 0.166 e. The highest BCUT2D eigenvalue weighted by atomic mass is 31.1. The molecule has 0 N–H and O–H groups in total. The second-order valence-electron chi connectivity index (χ2n) is 15.3. The molecule has 6 nitrogen and oxygen atoms in total. The van der Waals surface area contributed by atoms with Gasteiger partial charge in [-0.1, -0.05) is 112 Å². The third-order valence-electron chi connectivity index (χ3n) is 12.3. The topological polar surface area (TPSA) is 62.4 Å². The number of rotatable bonds is 2. The largest absolute Gasteiger partial charge is 0.455 e. The van der Waals surface area contributed by atoms with Gasteiger partial charge < -0.3 is 26.8 Å². The van der Waals surface area contributed by atoms with Gasteiger partial charge in [-0.15, -0.1) is 0 Å². The van der Waals surface area contributed by atoms with E-state index in [2.05, 4.69) is 167 Å². The molecule has 6 heterocycles. The van der Waals surface area contributed by atoms with Crippen molar-refractivity contribution in [1.82, 2.24) is 9.13 Å². The van der Waals surface area contributed by atoms with Crippen molar-refractivity contribution in [2.75, 3.05) is 0 Å². The van der Waals surface area contributed by atoms with Gasteiger partial charge in [-0.05, 0) is 71.4 Å². The molecule has 58 heavy (non-hydrogen) atoms. The van der Waals surface area contributed by atoms with Crippen LogP contribution in [0.15, 0.2) is 175 Å². The second kappa shape index (κ2) is 10.4. The lowest BCUT2D eigenvalue weighted by atomic mass is 10.1. The molecule has 0 amide bonds. The number of hydrogen-bond donors (Lipinski definition) is 0. The van der Waals surface area contributed by atoms with Crippen LogP contribution in [0.3, 0.4) is 0 Å². The summed E-state index contributed by atoms with van der Waals surface area (Å²) in [4.78, 5) is 0. The normalized spacial score (nSPS) is 13.4. The van der Waals surface area contributed by atoms with Crippen LogP contribution < -0.4 is 0 Å². The maximum absolute atomic E-state index is 7.57. The SMILES string of the molecule is c1ccc(-n2c3cccc4oc5c6ccccc6cc6oc7c8c9c(oc%10cc%11ccccc%11c%11oc%12cccc(c%12p9c%10%11)n8-c8ccccc8)c2c7p(c65)c43)cc1. The highest BCUT2D eigenvalue weighted by molar-refractivity contribution is 7.65. The van der Waals surface area contributed by atoms with E-state index >= 15 is 0 Å². The van der Waals surface area contributed by atoms with Crippen LogP contribution in [0, 0.1) is 0 Å². The van der Waals surface area contributed by atoms with Crippen molar-refractivity contribution < 1.29 is 17.7 Å². The molecule has 15 rings (SSSR count). The van der Waals surface area contributed by atoms with E-state index in [4.69, 9.17) is 17.7 Å². The van der Waals surface area contributed by atoms with Gasteiger partial charge in [0, 0.05) is 22.1 Å². The summed E-state index contributed by atoms with van der Waals surface area (Å²) in [5, 5.41) is 11.3. The molecule has 2 unspecified atom stereocenters. The van der Waals surface area contributed by atoms with Crippen LogP contribution in [-0.2, 0) is 0 Å². The van der Waals surface area contributed by atoms with Gasteiger partial charge in [-0.3, -0.25) is 0 Å². The minimum atomic E-state index is -1.18. The maximum atomic E-state index is 7.57. The highest BCUT2D eigenvalue weighted by Gasteiger charge is 2.32. The first kappa shape index (κ1) is 30.1. The Labute approximate surface area is 328 Å². The molecule has 0 bridgehead atoms. The molecule has 0 spiro atoms. The lowest BCUT2D eigenvalue weighted by Gasteiger charge is -2.27. The molecule has 270 valence electrons. The fourth-order valence-electron chi connectivity index (χ4n) is 10.1. The van der Waals surface area contributed by atoms with Gasteiger partial charge >= 0.3 is 0 Å². The zero-order valence-electron chi connectivity index (χ0n) is 30.4. The molecular weight excluding hydrogens is 755 g/mol. The van der Waals surface area contributed by atoms with Crippen molar-refractivity contribution in [3.8, 4) is 11.4 Å². The van der Waals surface area contributed by atoms with E-state index in [9.17, 15) is 0 Å². The molecule has 6 aromatic heterocycles. The zero-order valence-corrected chi connectivity index (χ0v) is 32.2. The Kier molecular flexibility index (Phi) is 5.42. The fraction of sp³-hybridized carbons (Fsp3) is 0. The van der Waals surface area contributed by atoms with E-state index in [0.717, 1.165) is 120 Å². The van der Waals surface area contributed by atoms with Gasteiger partial charge in [0.15, 0.2) is 22.3 Å². The van der Waals surface area contributed by atoms with Gasteiger partial charge in [-0.25, -0.2) is 0 Å². The van der Waals surface area contributed by atoms with E-state index in [1.165, 1.54) is 10.2 Å². The number of hydrogen-bond acceptors (Lipinski definition) is 4. The predicted octanol–water partition coefficient (Wildman–Crippen LogP) is 16.0. The first-order chi connectivity index (χ1) is 28.8. The van der Waals surface area contributed by atoms with E-state index in [1.807, 2.05) is 0 Å². The molecule has 15 aromatic rings. The van der Waals surface area contributed by atoms with Crippen molar-refractivity contribution in [1.29, 1.82) is 0 Å². The average Bonchev–Trinajstić information content (AvgIpc) is 3.28. The van der Waals surface area contributed by atoms with Crippen molar-refractivity contribution in [3.05, 3.63) is 158 Å². The summed E-state index contributed by atoms with van der Waals surface area (Å²) in [5.74, 6) is 0. The van der Waals surface area contributed by atoms with Crippen LogP contribution in [-0.4, -0.2) is 9.13 Å². The Bertz CT molecular complexity index is 3980. The Hall–Kier alpha value is -7.10. The number of fused-ring (bicyclic) bond motifs is 6. The van der Waals surface area contributed by atoms with E-state index in [1.54, 1.807) is 0 Å². The van der Waals surface area contributed by atoms with Crippen LogP contribution in [0.1, 0.15) is 0 Å². The molecule has 0 fully saturated rings. The second-order valence-corrected chi connectivity index (χ2v) is 19.3. The minimum absolute atomic E-state index is 0.846. The van der Waals surface area contributed by atoms with Crippen LogP contribution in [0.5, 0.6) is 0 Å². The standard InChI is InChI=1S/C50H26N2O4P2/c1-3-15-29(16-4-1)51-33-21-11-23-35-45(33)57-47-38(26-28-14-8-9-19-31(28)41(47)53-35)56-44-40-50-43(39(51)49(44)57)55-37-25-27-13-7-10-20-32(27)42-48(37)58(50)46-34(22-12-24-36(46)54-42)52(40)30-17-5-2-6-18-30/h1-26H. The molecule has 8 heteroatoms. The molecule has 0 aliphatic carbocycles. The summed E-state index contributed by atoms with van der Waals surface area (Å²) in [7, 11) is -2.37. The first-order valence-electron chi connectivity index (χ1n) is 19.4. The molecule has 0 radical (unpaired) electrons. The maximum Gasteiger partial charge on any atom is 0.166 e. The quantitative estimate of drug-likeness (QED) is 0.129. The number of para-hydroxylation sites is 2.